The summed E-state index contributed by atoms with van der Waals surface area (Å²) in [6.45, 7) is 18.6. The molecule has 4 rings (SSSR count). The van der Waals surface area contributed by atoms with Crippen LogP contribution >= 0.6 is 11.3 Å². The minimum Gasteiger partial charge on any atom is -0.378 e. The lowest BCUT2D eigenvalue weighted by Gasteiger charge is -2.43. The van der Waals surface area contributed by atoms with Crippen LogP contribution in [0.1, 0.15) is 124 Å². The summed E-state index contributed by atoms with van der Waals surface area (Å²) in [4.78, 5) is 65.0. The molecule has 2 aliphatic rings. The van der Waals surface area contributed by atoms with Gasteiger partial charge >= 0.3 is 0 Å². The van der Waals surface area contributed by atoms with E-state index in [1.165, 1.54) is 30.6 Å². The first-order valence-electron chi connectivity index (χ1n) is 21.8. The highest BCUT2D eigenvalue weighted by Crippen LogP contribution is 2.41. The lowest BCUT2D eigenvalue weighted by atomic mass is 9.66. The van der Waals surface area contributed by atoms with Crippen LogP contribution < -0.4 is 16.0 Å². The van der Waals surface area contributed by atoms with Gasteiger partial charge in [-0.15, -0.1) is 11.3 Å². The predicted molar refractivity (Wildman–Crippen MR) is 238 cm³/mol. The van der Waals surface area contributed by atoms with Crippen LogP contribution in [0.3, 0.4) is 0 Å². The van der Waals surface area contributed by atoms with E-state index in [9.17, 15) is 19.2 Å². The molecule has 0 unspecified atom stereocenters. The van der Waals surface area contributed by atoms with E-state index in [2.05, 4.69) is 34.8 Å². The Morgan fingerprint density at radius 1 is 0.949 bits per heavy atom. The number of carbonyl (C=O) groups is 4. The number of aromatic nitrogens is 1. The molecule has 7 atom stereocenters. The van der Waals surface area contributed by atoms with Crippen molar-refractivity contribution in [3.05, 3.63) is 64.1 Å². The molecular formula is C47H74N6O5S. The Bertz CT molecular complexity index is 1700. The van der Waals surface area contributed by atoms with Gasteiger partial charge in [0.2, 0.25) is 23.6 Å². The van der Waals surface area contributed by atoms with Gasteiger partial charge in [-0.2, -0.15) is 0 Å². The number of thiazole rings is 1. The smallest absolute Gasteiger partial charge is 0.249 e. The molecule has 1 aliphatic heterocycles. The summed E-state index contributed by atoms with van der Waals surface area (Å²) in [6, 6.07) is 7.78. The third-order valence-electron chi connectivity index (χ3n) is 13.1. The summed E-state index contributed by atoms with van der Waals surface area (Å²) in [5.41, 5.74) is 0.754. The van der Waals surface area contributed by atoms with Crippen molar-refractivity contribution >= 4 is 35.0 Å². The van der Waals surface area contributed by atoms with Crippen molar-refractivity contribution in [3.8, 4) is 0 Å². The molecule has 2 fully saturated rings. The fraction of sp³-hybridized carbons (Fsp3) is 0.681. The third kappa shape index (κ3) is 12.0. The first kappa shape index (κ1) is 48.1. The van der Waals surface area contributed by atoms with Gasteiger partial charge in [0.1, 0.15) is 11.0 Å². The van der Waals surface area contributed by atoms with E-state index in [0.29, 0.717) is 30.9 Å². The van der Waals surface area contributed by atoms with Gasteiger partial charge in [0, 0.05) is 37.9 Å². The second-order valence-electron chi connectivity index (χ2n) is 19.0. The van der Waals surface area contributed by atoms with Crippen LogP contribution in [-0.2, 0) is 30.3 Å². The van der Waals surface area contributed by atoms with E-state index >= 15 is 0 Å². The number of likely N-dealkylation sites (tertiary alicyclic amines) is 1. The molecule has 2 heterocycles. The normalized spacial score (nSPS) is 20.1. The average molecular weight is 835 g/mol. The highest BCUT2D eigenvalue weighted by Gasteiger charge is 2.45. The number of nitrogens with zero attached hydrogens (tertiary/aromatic N) is 3. The molecule has 328 valence electrons. The Kier molecular flexibility index (Phi) is 17.3. The summed E-state index contributed by atoms with van der Waals surface area (Å²) in [6.07, 6.45) is 11.0. The lowest BCUT2D eigenvalue weighted by Crippen LogP contribution is -2.61. The molecule has 1 aliphatic carbocycles. The molecule has 0 radical (unpaired) electrons. The van der Waals surface area contributed by atoms with Crippen LogP contribution in [-0.4, -0.2) is 96.4 Å². The highest BCUT2D eigenvalue weighted by molar-refractivity contribution is 7.09. The van der Waals surface area contributed by atoms with Crippen molar-refractivity contribution in [1.29, 1.82) is 0 Å². The maximum absolute atomic E-state index is 14.5. The summed E-state index contributed by atoms with van der Waals surface area (Å²) in [7, 11) is 5.20. The quantitative estimate of drug-likeness (QED) is 0.134. The van der Waals surface area contributed by atoms with E-state index in [4.69, 9.17) is 4.74 Å². The van der Waals surface area contributed by atoms with Crippen molar-refractivity contribution in [3.63, 3.8) is 0 Å². The maximum Gasteiger partial charge on any atom is 0.249 e. The fourth-order valence-electron chi connectivity index (χ4n) is 9.44. The topological polar surface area (TPSA) is 133 Å². The van der Waals surface area contributed by atoms with Crippen molar-refractivity contribution in [2.45, 2.75) is 150 Å². The number of hydrogen-bond acceptors (Lipinski definition) is 8. The molecular weight excluding hydrogens is 761 g/mol. The van der Waals surface area contributed by atoms with Crippen LogP contribution in [0.25, 0.3) is 0 Å². The number of amides is 4. The second-order valence-corrected chi connectivity index (χ2v) is 20.0. The van der Waals surface area contributed by atoms with Crippen LogP contribution in [0.2, 0.25) is 0 Å². The van der Waals surface area contributed by atoms with Gasteiger partial charge in [0.25, 0.3) is 0 Å². The largest absolute Gasteiger partial charge is 0.378 e. The standard InChI is InChI=1S/C47H74N6O5S/c1-30(2)37(52(11)45(57)40(46(5,6)7)51-42(55)39(48-10)47(8,9)34-22-17-14-18-23-34)28-31(3)44(56)53-26-19-24-36(53)38(58-12)32(4)41(54)50-35(43-49-25-27-59-43)29-33-20-15-13-16-21-33/h13,15-16,20-21,25,27-28,30,32,34-40,48H,14,17-19,22-24,26,29H2,1-12H3,(H,50,54)(H,51,55)/t32-,35+,36+,37-,38-,39-,40-/m1/s1. The number of methoxy groups -OCH3 is 1. The van der Waals surface area contributed by atoms with Crippen LogP contribution in [0.5, 0.6) is 0 Å². The van der Waals surface area contributed by atoms with E-state index in [1.807, 2.05) is 95.3 Å². The van der Waals surface area contributed by atoms with Gasteiger partial charge in [-0.3, -0.25) is 19.2 Å². The molecule has 1 saturated heterocycles. The predicted octanol–water partition coefficient (Wildman–Crippen LogP) is 7.34. The highest BCUT2D eigenvalue weighted by atomic mass is 32.1. The summed E-state index contributed by atoms with van der Waals surface area (Å²) >= 11 is 1.51. The van der Waals surface area contributed by atoms with E-state index < -0.39 is 35.6 Å². The molecule has 59 heavy (non-hydrogen) atoms. The number of hydrogen-bond donors (Lipinski definition) is 3. The minimum atomic E-state index is -0.787. The number of benzene rings is 1. The van der Waals surface area contributed by atoms with Gasteiger partial charge in [-0.05, 0) is 74.3 Å². The van der Waals surface area contributed by atoms with Gasteiger partial charge in [0.05, 0.1) is 36.2 Å². The molecule has 1 saturated carbocycles. The fourth-order valence-corrected chi connectivity index (χ4v) is 10.1. The zero-order chi connectivity index (χ0) is 43.7. The molecule has 3 N–H and O–H groups in total. The summed E-state index contributed by atoms with van der Waals surface area (Å²) in [5, 5.41) is 12.5. The molecule has 1 aromatic heterocycles. The van der Waals surface area contributed by atoms with Crippen molar-refractivity contribution in [2.75, 3.05) is 27.7 Å². The SMILES string of the molecule is CN[C@H](C(=O)N[C@H](C(=O)N(C)[C@H](C=C(C)C(=O)N1CCC[C@H]1[C@H](OC)[C@@H](C)C(=O)N[C@@H](Cc1ccccc1)c1nccs1)C(C)C)C(C)(C)C)C(C)(C)C1CCCCC1. The van der Waals surface area contributed by atoms with Gasteiger partial charge in [-0.1, -0.05) is 111 Å². The Morgan fingerprint density at radius 2 is 1.61 bits per heavy atom. The lowest BCUT2D eigenvalue weighted by molar-refractivity contribution is -0.141. The molecule has 11 nitrogen and oxygen atoms in total. The zero-order valence-corrected chi connectivity index (χ0v) is 38.8. The number of rotatable bonds is 18. The van der Waals surface area contributed by atoms with Crippen LogP contribution in [0.4, 0.5) is 0 Å². The summed E-state index contributed by atoms with van der Waals surface area (Å²) in [5.74, 6) is -0.813. The Labute approximate surface area is 358 Å². The van der Waals surface area contributed by atoms with Crippen molar-refractivity contribution in [2.24, 2.45) is 28.6 Å². The zero-order valence-electron chi connectivity index (χ0n) is 38.0. The Hall–Kier alpha value is -3.61. The molecule has 0 bridgehead atoms. The first-order valence-corrected chi connectivity index (χ1v) is 22.7. The number of likely N-dealkylation sites (N-methyl/N-ethyl adjacent to an activating group) is 2. The second kappa shape index (κ2) is 21.3. The maximum atomic E-state index is 14.5. The van der Waals surface area contributed by atoms with Gasteiger partial charge < -0.3 is 30.5 Å². The van der Waals surface area contributed by atoms with Crippen LogP contribution in [0.15, 0.2) is 53.6 Å². The molecule has 0 spiro atoms. The Balaban J connectivity index is 1.50. The van der Waals surface area contributed by atoms with E-state index in [0.717, 1.165) is 29.8 Å². The summed E-state index contributed by atoms with van der Waals surface area (Å²) < 4.78 is 6.05. The first-order chi connectivity index (χ1) is 27.8. The van der Waals surface area contributed by atoms with E-state index in [1.54, 1.807) is 32.2 Å². The van der Waals surface area contributed by atoms with Crippen LogP contribution in [0, 0.1) is 28.6 Å². The van der Waals surface area contributed by atoms with Gasteiger partial charge in [0.15, 0.2) is 0 Å². The molecule has 12 heteroatoms. The minimum absolute atomic E-state index is 0.0233. The number of nitrogens with one attached hydrogen (secondary N) is 3. The molecule has 4 amide bonds. The van der Waals surface area contributed by atoms with Crippen molar-refractivity contribution < 1.29 is 23.9 Å². The van der Waals surface area contributed by atoms with Crippen molar-refractivity contribution in [1.82, 2.24) is 30.7 Å². The third-order valence-corrected chi connectivity index (χ3v) is 13.9. The molecule has 1 aromatic carbocycles. The van der Waals surface area contributed by atoms with E-state index in [-0.39, 0.29) is 47.0 Å². The number of carbonyl (C=O) groups excluding carboxylic acids is 4. The average Bonchev–Trinajstić information content (AvgIpc) is 3.92. The monoisotopic (exact) mass is 835 g/mol. The van der Waals surface area contributed by atoms with Gasteiger partial charge in [-0.25, -0.2) is 4.98 Å². The number of ether oxygens (including phenoxy) is 1. The Morgan fingerprint density at radius 3 is 2.17 bits per heavy atom. The molecule has 2 aromatic rings.